The van der Waals surface area contributed by atoms with E-state index >= 15 is 0 Å². The van der Waals surface area contributed by atoms with Crippen molar-refractivity contribution in [3.8, 4) is 34.1 Å². The van der Waals surface area contributed by atoms with E-state index < -0.39 is 12.0 Å². The highest BCUT2D eigenvalue weighted by atomic mass is 16.7. The number of ether oxygens (including phenoxy) is 4. The fourth-order valence-corrected chi connectivity index (χ4v) is 4.57. The molecule has 2 aliphatic rings. The number of aliphatic carboxylic acids is 1. The van der Waals surface area contributed by atoms with Crippen molar-refractivity contribution < 1.29 is 28.8 Å². The van der Waals surface area contributed by atoms with Crippen molar-refractivity contribution in [2.24, 2.45) is 0 Å². The average Bonchev–Trinajstić information content (AvgIpc) is 3.20. The molecule has 0 saturated carbocycles. The molecular formula is C23H21NO6. The molecule has 0 saturated heterocycles. The van der Waals surface area contributed by atoms with E-state index in [1.807, 2.05) is 42.3 Å². The van der Waals surface area contributed by atoms with Gasteiger partial charge in [0.25, 0.3) is 0 Å². The van der Waals surface area contributed by atoms with Crippen LogP contribution in [-0.4, -0.2) is 39.1 Å². The highest BCUT2D eigenvalue weighted by Gasteiger charge is 2.35. The lowest BCUT2D eigenvalue weighted by Crippen LogP contribution is -2.31. The summed E-state index contributed by atoms with van der Waals surface area (Å²) in [5, 5.41) is 11.6. The third kappa shape index (κ3) is 2.55. The number of carboxylic acid groups (broad SMARTS) is 1. The minimum atomic E-state index is -0.885. The van der Waals surface area contributed by atoms with E-state index in [2.05, 4.69) is 6.07 Å². The van der Waals surface area contributed by atoms with Crippen LogP contribution >= 0.6 is 0 Å². The Kier molecular flexibility index (Phi) is 4.13. The van der Waals surface area contributed by atoms with Crippen LogP contribution in [-0.2, 0) is 4.79 Å². The zero-order valence-electron chi connectivity index (χ0n) is 16.9. The van der Waals surface area contributed by atoms with Gasteiger partial charge in [0.1, 0.15) is 0 Å². The molecule has 0 unspecified atom stereocenters. The Morgan fingerprint density at radius 2 is 1.83 bits per heavy atom. The fraction of sp³-hybridized carbons (Fsp3) is 0.261. The van der Waals surface area contributed by atoms with Gasteiger partial charge in [0.2, 0.25) is 6.79 Å². The molecule has 0 radical (unpaired) electrons. The van der Waals surface area contributed by atoms with E-state index in [1.54, 1.807) is 14.2 Å². The highest BCUT2D eigenvalue weighted by molar-refractivity contribution is 6.06. The number of hydrogen-bond acceptors (Lipinski definition) is 6. The van der Waals surface area contributed by atoms with Crippen LogP contribution in [0, 0.1) is 0 Å². The first-order chi connectivity index (χ1) is 14.5. The van der Waals surface area contributed by atoms with Crippen LogP contribution in [0.3, 0.4) is 0 Å². The maximum atomic E-state index is 11.8. The number of carboxylic acids is 1. The number of rotatable bonds is 4. The van der Waals surface area contributed by atoms with Crippen LogP contribution in [0.5, 0.6) is 23.0 Å². The number of nitrogens with zero attached hydrogens (tertiary/aromatic N) is 1. The predicted molar refractivity (Wildman–Crippen MR) is 112 cm³/mol. The van der Waals surface area contributed by atoms with Crippen molar-refractivity contribution in [3.63, 3.8) is 0 Å². The summed E-state index contributed by atoms with van der Waals surface area (Å²) < 4.78 is 22.3. The second-order valence-electron chi connectivity index (χ2n) is 7.38. The van der Waals surface area contributed by atoms with Crippen LogP contribution in [0.25, 0.3) is 21.9 Å². The zero-order valence-corrected chi connectivity index (χ0v) is 16.9. The maximum absolute atomic E-state index is 11.8. The third-order valence-electron chi connectivity index (χ3n) is 5.88. The lowest BCUT2D eigenvalue weighted by Gasteiger charge is -2.39. The number of carbonyl (C=O) groups is 1. The standard InChI is InChI=1S/C23H21NO6/c1-24-16(10-20(25)26)21-13(6-7-17(27-2)23(21)28-3)14-5-4-12-8-18-19(30-11-29-18)9-15(12)22(14)24/h4-9,16H,10-11H2,1-3H3,(H,25,26)/t16-/m1/s1. The van der Waals surface area contributed by atoms with Crippen LogP contribution in [0.2, 0.25) is 0 Å². The first kappa shape index (κ1) is 18.4. The Balaban J connectivity index is 1.83. The molecule has 0 fully saturated rings. The van der Waals surface area contributed by atoms with Crippen LogP contribution < -0.4 is 23.8 Å². The van der Waals surface area contributed by atoms with Gasteiger partial charge in [-0.1, -0.05) is 12.1 Å². The third-order valence-corrected chi connectivity index (χ3v) is 5.88. The van der Waals surface area contributed by atoms with Gasteiger partial charge in [-0.25, -0.2) is 0 Å². The molecule has 2 aliphatic heterocycles. The number of fused-ring (bicyclic) bond motifs is 6. The molecule has 1 N–H and O–H groups in total. The number of hydrogen-bond donors (Lipinski definition) is 1. The van der Waals surface area contributed by atoms with Crippen molar-refractivity contribution in [2.75, 3.05) is 33.0 Å². The molecule has 5 rings (SSSR count). The topological polar surface area (TPSA) is 77.5 Å². The second kappa shape index (κ2) is 6.73. The molecule has 7 nitrogen and oxygen atoms in total. The summed E-state index contributed by atoms with van der Waals surface area (Å²) in [6, 6.07) is 11.4. The van der Waals surface area contributed by atoms with Gasteiger partial charge in [-0.2, -0.15) is 0 Å². The van der Waals surface area contributed by atoms with Crippen molar-refractivity contribution in [2.45, 2.75) is 12.5 Å². The normalized spacial score (nSPS) is 16.2. The van der Waals surface area contributed by atoms with E-state index in [4.69, 9.17) is 18.9 Å². The molecule has 7 heteroatoms. The SMILES string of the molecule is COc1ccc2c(c1OC)[C@@H](CC(=O)O)N(C)c1c-2ccc2cc3c(cc12)OCO3. The Morgan fingerprint density at radius 1 is 1.10 bits per heavy atom. The van der Waals surface area contributed by atoms with E-state index in [9.17, 15) is 9.90 Å². The molecule has 0 aromatic heterocycles. The Bertz CT molecular complexity index is 1190. The smallest absolute Gasteiger partial charge is 0.305 e. The fourth-order valence-electron chi connectivity index (χ4n) is 4.57. The second-order valence-corrected chi connectivity index (χ2v) is 7.38. The lowest BCUT2D eigenvalue weighted by molar-refractivity contribution is -0.137. The van der Waals surface area contributed by atoms with Crippen molar-refractivity contribution in [3.05, 3.63) is 42.0 Å². The molecule has 0 aliphatic carbocycles. The molecular weight excluding hydrogens is 386 g/mol. The van der Waals surface area contributed by atoms with Gasteiger partial charge in [-0.3, -0.25) is 4.79 Å². The number of benzene rings is 3. The quantitative estimate of drug-likeness (QED) is 0.694. The molecule has 0 spiro atoms. The van der Waals surface area contributed by atoms with Crippen molar-refractivity contribution >= 4 is 22.4 Å². The number of anilines is 1. The first-order valence-corrected chi connectivity index (χ1v) is 9.59. The summed E-state index contributed by atoms with van der Waals surface area (Å²) in [6.07, 6.45) is -0.0760. The molecule has 154 valence electrons. The summed E-state index contributed by atoms with van der Waals surface area (Å²) in [7, 11) is 5.07. The van der Waals surface area contributed by atoms with Crippen LogP contribution in [0.15, 0.2) is 36.4 Å². The van der Waals surface area contributed by atoms with Gasteiger partial charge >= 0.3 is 5.97 Å². The summed E-state index contributed by atoms with van der Waals surface area (Å²) in [6.45, 7) is 0.200. The Hall–Kier alpha value is -3.61. The summed E-state index contributed by atoms with van der Waals surface area (Å²) in [5.74, 6) is 1.66. The summed E-state index contributed by atoms with van der Waals surface area (Å²) >= 11 is 0. The maximum Gasteiger partial charge on any atom is 0.305 e. The van der Waals surface area contributed by atoms with Gasteiger partial charge in [0.15, 0.2) is 23.0 Å². The average molecular weight is 407 g/mol. The summed E-state index contributed by atoms with van der Waals surface area (Å²) in [5.41, 5.74) is 3.71. The summed E-state index contributed by atoms with van der Waals surface area (Å²) in [4.78, 5) is 13.8. The Morgan fingerprint density at radius 3 is 2.53 bits per heavy atom. The molecule has 3 aromatic rings. The monoisotopic (exact) mass is 407 g/mol. The highest BCUT2D eigenvalue weighted by Crippen LogP contribution is 2.54. The minimum absolute atomic E-state index is 0.0760. The molecule has 2 heterocycles. The zero-order chi connectivity index (χ0) is 21.0. The van der Waals surface area contributed by atoms with Crippen LogP contribution in [0.1, 0.15) is 18.0 Å². The van der Waals surface area contributed by atoms with E-state index in [0.29, 0.717) is 17.2 Å². The van der Waals surface area contributed by atoms with Crippen molar-refractivity contribution in [1.29, 1.82) is 0 Å². The lowest BCUT2D eigenvalue weighted by atomic mass is 9.84. The molecule has 0 amide bonds. The molecule has 3 aromatic carbocycles. The van der Waals surface area contributed by atoms with E-state index in [-0.39, 0.29) is 13.2 Å². The van der Waals surface area contributed by atoms with E-state index in [1.165, 1.54) is 0 Å². The Labute approximate surface area is 173 Å². The predicted octanol–water partition coefficient (Wildman–Crippen LogP) is 4.22. The van der Waals surface area contributed by atoms with Crippen molar-refractivity contribution in [1.82, 2.24) is 0 Å². The molecule has 1 atom stereocenters. The number of methoxy groups -OCH3 is 2. The van der Waals surface area contributed by atoms with Crippen LogP contribution in [0.4, 0.5) is 5.69 Å². The molecule has 30 heavy (non-hydrogen) atoms. The minimum Gasteiger partial charge on any atom is -0.493 e. The largest absolute Gasteiger partial charge is 0.493 e. The molecule has 0 bridgehead atoms. The van der Waals surface area contributed by atoms with Gasteiger partial charge in [-0.05, 0) is 35.2 Å². The first-order valence-electron chi connectivity index (χ1n) is 9.59. The van der Waals surface area contributed by atoms with Gasteiger partial charge in [0.05, 0.1) is 32.4 Å². The van der Waals surface area contributed by atoms with E-state index in [0.717, 1.165) is 38.9 Å². The van der Waals surface area contributed by atoms with Gasteiger partial charge < -0.3 is 29.0 Å². The van der Waals surface area contributed by atoms with Gasteiger partial charge in [0, 0.05) is 23.6 Å². The van der Waals surface area contributed by atoms with Gasteiger partial charge in [-0.15, -0.1) is 0 Å².